The van der Waals surface area contributed by atoms with Crippen molar-refractivity contribution in [3.05, 3.63) is 42.4 Å². The molecular formula is C13H13N5O2S2. The van der Waals surface area contributed by atoms with E-state index in [1.165, 1.54) is 23.9 Å². The Morgan fingerprint density at radius 1 is 1.23 bits per heavy atom. The Labute approximate surface area is 131 Å². The molecule has 0 atom stereocenters. The molecule has 3 aromatic rings. The first kappa shape index (κ1) is 14.9. The molecule has 0 aliphatic heterocycles. The van der Waals surface area contributed by atoms with Crippen molar-refractivity contribution in [1.82, 2.24) is 19.5 Å². The predicted octanol–water partition coefficient (Wildman–Crippen LogP) is 1.24. The summed E-state index contributed by atoms with van der Waals surface area (Å²) in [6.07, 6.45) is 5.29. The largest absolute Gasteiger partial charge is 0.311 e. The van der Waals surface area contributed by atoms with Crippen molar-refractivity contribution < 1.29 is 8.42 Å². The quantitative estimate of drug-likeness (QED) is 0.568. The minimum Gasteiger partial charge on any atom is -0.311 e. The van der Waals surface area contributed by atoms with Crippen molar-refractivity contribution in [1.29, 1.82) is 0 Å². The van der Waals surface area contributed by atoms with Crippen molar-refractivity contribution in [3.8, 4) is 0 Å². The Hall–Kier alpha value is -1.97. The van der Waals surface area contributed by atoms with Gasteiger partial charge < -0.3 is 4.57 Å². The first-order valence-electron chi connectivity index (χ1n) is 6.31. The first-order valence-corrected chi connectivity index (χ1v) is 9.08. The van der Waals surface area contributed by atoms with E-state index in [4.69, 9.17) is 5.14 Å². The van der Waals surface area contributed by atoms with E-state index in [2.05, 4.69) is 15.0 Å². The van der Waals surface area contributed by atoms with Crippen LogP contribution in [-0.2, 0) is 16.6 Å². The molecule has 0 radical (unpaired) electrons. The van der Waals surface area contributed by atoms with E-state index < -0.39 is 10.0 Å². The Bertz CT molecular complexity index is 919. The van der Waals surface area contributed by atoms with Crippen LogP contribution in [0.1, 0.15) is 5.56 Å². The number of thioether (sulfide) groups is 1. The van der Waals surface area contributed by atoms with Crippen LogP contribution in [0, 0.1) is 0 Å². The van der Waals surface area contributed by atoms with Crippen molar-refractivity contribution in [2.75, 3.05) is 6.26 Å². The van der Waals surface area contributed by atoms with Crippen LogP contribution in [0.15, 0.2) is 46.8 Å². The molecular weight excluding hydrogens is 322 g/mol. The number of benzene rings is 1. The minimum atomic E-state index is -3.67. The van der Waals surface area contributed by atoms with Gasteiger partial charge >= 0.3 is 0 Å². The molecule has 3 rings (SSSR count). The Morgan fingerprint density at radius 3 is 2.59 bits per heavy atom. The summed E-state index contributed by atoms with van der Waals surface area (Å²) in [6, 6.07) is 6.43. The SMILES string of the molecule is CSc1ncc2ncn(Cc3ccc(S(N)(=O)=O)cc3)c2n1. The Balaban J connectivity index is 1.93. The highest BCUT2D eigenvalue weighted by Gasteiger charge is 2.09. The highest BCUT2D eigenvalue weighted by atomic mass is 32.2. The van der Waals surface area contributed by atoms with Crippen LogP contribution < -0.4 is 5.14 Å². The molecule has 2 heterocycles. The maximum Gasteiger partial charge on any atom is 0.238 e. The van der Waals surface area contributed by atoms with Gasteiger partial charge in [0.1, 0.15) is 5.52 Å². The molecule has 0 aliphatic rings. The monoisotopic (exact) mass is 335 g/mol. The summed E-state index contributed by atoms with van der Waals surface area (Å²) in [5.41, 5.74) is 2.39. The molecule has 1 aromatic carbocycles. The van der Waals surface area contributed by atoms with Gasteiger partial charge in [0.25, 0.3) is 0 Å². The second-order valence-electron chi connectivity index (χ2n) is 4.63. The summed E-state index contributed by atoms with van der Waals surface area (Å²) in [5.74, 6) is 0. The lowest BCUT2D eigenvalue weighted by Crippen LogP contribution is -2.12. The number of primary sulfonamides is 1. The number of fused-ring (bicyclic) bond motifs is 1. The van der Waals surface area contributed by atoms with E-state index in [-0.39, 0.29) is 4.90 Å². The topological polar surface area (TPSA) is 104 Å². The maximum atomic E-state index is 11.2. The molecule has 114 valence electrons. The van der Waals surface area contributed by atoms with E-state index in [0.717, 1.165) is 16.7 Å². The highest BCUT2D eigenvalue weighted by molar-refractivity contribution is 7.98. The lowest BCUT2D eigenvalue weighted by molar-refractivity contribution is 0.597. The zero-order valence-electron chi connectivity index (χ0n) is 11.7. The Morgan fingerprint density at radius 2 is 1.95 bits per heavy atom. The molecule has 0 saturated heterocycles. The number of sulfonamides is 1. The third kappa shape index (κ3) is 2.96. The van der Waals surface area contributed by atoms with Gasteiger partial charge in [-0.2, -0.15) is 0 Å². The van der Waals surface area contributed by atoms with E-state index in [0.29, 0.717) is 11.7 Å². The minimum absolute atomic E-state index is 0.0960. The molecule has 0 bridgehead atoms. The number of hydrogen-bond donors (Lipinski definition) is 1. The van der Waals surface area contributed by atoms with Gasteiger partial charge in [0.05, 0.1) is 24.0 Å². The third-order valence-corrected chi connectivity index (χ3v) is 4.61. The van der Waals surface area contributed by atoms with Gasteiger partial charge in [0.15, 0.2) is 10.8 Å². The van der Waals surface area contributed by atoms with E-state index in [9.17, 15) is 8.42 Å². The summed E-state index contributed by atoms with van der Waals surface area (Å²) in [7, 11) is -3.67. The molecule has 9 heteroatoms. The third-order valence-electron chi connectivity index (χ3n) is 3.12. The van der Waals surface area contributed by atoms with Crippen LogP contribution in [0.4, 0.5) is 0 Å². The molecule has 0 fully saturated rings. The van der Waals surface area contributed by atoms with Crippen molar-refractivity contribution in [2.45, 2.75) is 16.6 Å². The van der Waals surface area contributed by atoms with Gasteiger partial charge in [-0.15, -0.1) is 0 Å². The summed E-state index contributed by atoms with van der Waals surface area (Å²) in [5, 5.41) is 5.77. The average molecular weight is 335 g/mol. The molecule has 2 N–H and O–H groups in total. The average Bonchev–Trinajstić information content (AvgIpc) is 2.89. The zero-order valence-corrected chi connectivity index (χ0v) is 13.3. The number of nitrogens with zero attached hydrogens (tertiary/aromatic N) is 4. The lowest BCUT2D eigenvalue weighted by Gasteiger charge is -2.05. The molecule has 0 unspecified atom stereocenters. The molecule has 22 heavy (non-hydrogen) atoms. The summed E-state index contributed by atoms with van der Waals surface area (Å²) >= 11 is 1.46. The van der Waals surface area contributed by atoms with Crippen LogP contribution in [0.5, 0.6) is 0 Å². The van der Waals surface area contributed by atoms with Crippen LogP contribution in [-0.4, -0.2) is 34.2 Å². The number of nitrogens with two attached hydrogens (primary N) is 1. The second kappa shape index (κ2) is 5.67. The molecule has 0 saturated carbocycles. The molecule has 0 aliphatic carbocycles. The van der Waals surface area contributed by atoms with Crippen LogP contribution in [0.2, 0.25) is 0 Å². The molecule has 2 aromatic heterocycles. The van der Waals surface area contributed by atoms with E-state index >= 15 is 0 Å². The van der Waals surface area contributed by atoms with Crippen LogP contribution >= 0.6 is 11.8 Å². The number of rotatable bonds is 4. The Kier molecular flexibility index (Phi) is 3.85. The summed E-state index contributed by atoms with van der Waals surface area (Å²) in [6.45, 7) is 0.534. The van der Waals surface area contributed by atoms with Gasteiger partial charge in [-0.1, -0.05) is 23.9 Å². The lowest BCUT2D eigenvalue weighted by atomic mass is 10.2. The van der Waals surface area contributed by atoms with Crippen LogP contribution in [0.3, 0.4) is 0 Å². The number of aromatic nitrogens is 4. The predicted molar refractivity (Wildman–Crippen MR) is 84.0 cm³/mol. The van der Waals surface area contributed by atoms with Gasteiger partial charge in [-0.25, -0.2) is 28.5 Å². The van der Waals surface area contributed by atoms with Gasteiger partial charge in [-0.05, 0) is 24.0 Å². The highest BCUT2D eigenvalue weighted by Crippen LogP contribution is 2.16. The normalized spacial score (nSPS) is 11.9. The second-order valence-corrected chi connectivity index (χ2v) is 6.96. The molecule has 7 nitrogen and oxygen atoms in total. The van der Waals surface area contributed by atoms with Gasteiger partial charge in [0.2, 0.25) is 10.0 Å². The smallest absolute Gasteiger partial charge is 0.238 e. The van der Waals surface area contributed by atoms with Crippen LogP contribution in [0.25, 0.3) is 11.2 Å². The standard InChI is InChI=1S/C13H13N5O2S2/c1-21-13-15-6-11-12(17-13)18(8-16-11)7-9-2-4-10(5-3-9)22(14,19)20/h2-6,8H,7H2,1H3,(H2,14,19,20). The fraction of sp³-hybridized carbons (Fsp3) is 0.154. The zero-order chi connectivity index (χ0) is 15.7. The first-order chi connectivity index (χ1) is 10.5. The number of imidazole rings is 1. The molecule has 0 spiro atoms. The summed E-state index contributed by atoms with van der Waals surface area (Å²) < 4.78 is 24.4. The fourth-order valence-electron chi connectivity index (χ4n) is 2.04. The van der Waals surface area contributed by atoms with Gasteiger partial charge in [-0.3, -0.25) is 0 Å². The maximum absolute atomic E-state index is 11.2. The van der Waals surface area contributed by atoms with Crippen molar-refractivity contribution >= 4 is 32.9 Å². The summed E-state index contributed by atoms with van der Waals surface area (Å²) in [4.78, 5) is 13.0. The van der Waals surface area contributed by atoms with Crippen molar-refractivity contribution in [2.24, 2.45) is 5.14 Å². The van der Waals surface area contributed by atoms with E-state index in [1.807, 2.05) is 10.8 Å². The number of hydrogen-bond acceptors (Lipinski definition) is 6. The molecule has 0 amide bonds. The van der Waals surface area contributed by atoms with Crippen molar-refractivity contribution in [3.63, 3.8) is 0 Å². The fourth-order valence-corrected chi connectivity index (χ4v) is 2.89. The van der Waals surface area contributed by atoms with E-state index in [1.54, 1.807) is 24.7 Å². The van der Waals surface area contributed by atoms with Gasteiger partial charge in [0, 0.05) is 0 Å².